The third-order valence-corrected chi connectivity index (χ3v) is 7.23. The summed E-state index contributed by atoms with van der Waals surface area (Å²) in [4.78, 5) is 28.1. The summed E-state index contributed by atoms with van der Waals surface area (Å²) in [5, 5.41) is 2.89. The van der Waals surface area contributed by atoms with E-state index in [-0.39, 0.29) is 24.9 Å². The van der Waals surface area contributed by atoms with E-state index in [1.54, 1.807) is 19.1 Å². The highest BCUT2D eigenvalue weighted by atomic mass is 32.2. The minimum Gasteiger partial charge on any atom is -0.354 e. The van der Waals surface area contributed by atoms with Crippen LogP contribution in [0.15, 0.2) is 48.5 Å². The number of para-hydroxylation sites is 1. The number of rotatable bonds is 12. The van der Waals surface area contributed by atoms with Crippen LogP contribution in [0.1, 0.15) is 63.1 Å². The van der Waals surface area contributed by atoms with Crippen molar-refractivity contribution in [1.82, 2.24) is 10.2 Å². The minimum atomic E-state index is -3.76. The molecule has 0 aliphatic heterocycles. The Morgan fingerprint density at radius 3 is 2.23 bits per heavy atom. The Balaban J connectivity index is 2.43. The van der Waals surface area contributed by atoms with Gasteiger partial charge in [0.1, 0.15) is 12.6 Å². The average Bonchev–Trinajstić information content (AvgIpc) is 2.80. The molecule has 2 amide bonds. The normalized spacial score (nSPS) is 12.3. The van der Waals surface area contributed by atoms with Gasteiger partial charge in [-0.25, -0.2) is 8.42 Å². The Labute approximate surface area is 210 Å². The number of hydrogen-bond donors (Lipinski definition) is 1. The van der Waals surface area contributed by atoms with Gasteiger partial charge < -0.3 is 10.2 Å². The van der Waals surface area contributed by atoms with Gasteiger partial charge in [-0.1, -0.05) is 69.7 Å². The van der Waals surface area contributed by atoms with Crippen molar-refractivity contribution in [3.63, 3.8) is 0 Å². The second-order valence-corrected chi connectivity index (χ2v) is 11.2. The van der Waals surface area contributed by atoms with Crippen LogP contribution < -0.4 is 9.62 Å². The molecule has 192 valence electrons. The monoisotopic (exact) mass is 501 g/mol. The number of aryl methyl sites for hydroxylation is 1. The average molecular weight is 502 g/mol. The Morgan fingerprint density at radius 2 is 1.63 bits per heavy atom. The predicted molar refractivity (Wildman–Crippen MR) is 142 cm³/mol. The van der Waals surface area contributed by atoms with Gasteiger partial charge in [0.2, 0.25) is 21.8 Å². The molecular formula is C27H39N3O4S. The molecule has 0 fully saturated rings. The maximum absolute atomic E-state index is 13.7. The van der Waals surface area contributed by atoms with Gasteiger partial charge in [-0.15, -0.1) is 0 Å². The molecule has 2 aromatic carbocycles. The second kappa shape index (κ2) is 12.7. The highest BCUT2D eigenvalue weighted by Gasteiger charge is 2.31. The molecule has 1 atom stereocenters. The van der Waals surface area contributed by atoms with Gasteiger partial charge in [0.15, 0.2) is 0 Å². The van der Waals surface area contributed by atoms with Crippen LogP contribution in [0.3, 0.4) is 0 Å². The number of nitrogens with one attached hydrogen (secondary N) is 1. The first-order valence-electron chi connectivity index (χ1n) is 12.2. The molecule has 0 aliphatic rings. The topological polar surface area (TPSA) is 86.8 Å². The molecule has 0 aromatic heterocycles. The number of amides is 2. The molecule has 2 aromatic rings. The lowest BCUT2D eigenvalue weighted by molar-refractivity contribution is -0.139. The van der Waals surface area contributed by atoms with Gasteiger partial charge in [0.25, 0.3) is 0 Å². The number of anilines is 1. The van der Waals surface area contributed by atoms with Crippen molar-refractivity contribution in [1.29, 1.82) is 0 Å². The van der Waals surface area contributed by atoms with E-state index in [0.29, 0.717) is 12.2 Å². The van der Waals surface area contributed by atoms with Crippen molar-refractivity contribution >= 4 is 27.5 Å². The first kappa shape index (κ1) is 28.4. The number of carbonyl (C=O) groups is 2. The van der Waals surface area contributed by atoms with Gasteiger partial charge in [0, 0.05) is 13.1 Å². The standard InChI is InChI=1S/C27H39N3O4S/c1-7-8-17-28-27(32)22(5)29(18-23-14-10-9-13-21(23)4)26(31)19-30(35(6,33)34)25-16-12-11-15-24(25)20(2)3/h9-16,20,22H,7-8,17-19H2,1-6H3,(H,28,32). The fourth-order valence-electron chi connectivity index (χ4n) is 3.89. The third kappa shape index (κ3) is 7.82. The molecule has 7 nitrogen and oxygen atoms in total. The zero-order valence-electron chi connectivity index (χ0n) is 21.7. The summed E-state index contributed by atoms with van der Waals surface area (Å²) in [6.45, 7) is 9.98. The van der Waals surface area contributed by atoms with Crippen LogP contribution in [0.25, 0.3) is 0 Å². The van der Waals surface area contributed by atoms with E-state index in [0.717, 1.165) is 40.1 Å². The summed E-state index contributed by atoms with van der Waals surface area (Å²) < 4.78 is 26.8. The molecule has 0 spiro atoms. The molecule has 0 saturated heterocycles. The lowest BCUT2D eigenvalue weighted by Gasteiger charge is -2.32. The Morgan fingerprint density at radius 1 is 1.00 bits per heavy atom. The minimum absolute atomic E-state index is 0.0666. The van der Waals surface area contributed by atoms with E-state index in [1.807, 2.05) is 64.1 Å². The molecule has 0 aliphatic carbocycles. The van der Waals surface area contributed by atoms with Crippen LogP contribution >= 0.6 is 0 Å². The van der Waals surface area contributed by atoms with E-state index in [9.17, 15) is 18.0 Å². The van der Waals surface area contributed by atoms with E-state index >= 15 is 0 Å². The van der Waals surface area contributed by atoms with E-state index in [2.05, 4.69) is 5.32 Å². The second-order valence-electron chi connectivity index (χ2n) is 9.25. The van der Waals surface area contributed by atoms with Crippen LogP contribution in [-0.2, 0) is 26.2 Å². The van der Waals surface area contributed by atoms with Crippen LogP contribution in [0.5, 0.6) is 0 Å². The van der Waals surface area contributed by atoms with Gasteiger partial charge in [-0.2, -0.15) is 0 Å². The predicted octanol–water partition coefficient (Wildman–Crippen LogP) is 4.22. The molecule has 0 radical (unpaired) electrons. The van der Waals surface area contributed by atoms with Crippen molar-refractivity contribution in [2.75, 3.05) is 23.7 Å². The maximum Gasteiger partial charge on any atom is 0.244 e. The number of unbranched alkanes of at least 4 members (excludes halogenated alkanes) is 1. The number of nitrogens with zero attached hydrogens (tertiary/aromatic N) is 2. The molecule has 35 heavy (non-hydrogen) atoms. The smallest absolute Gasteiger partial charge is 0.244 e. The van der Waals surface area contributed by atoms with Crippen LogP contribution in [0.4, 0.5) is 5.69 Å². The summed E-state index contributed by atoms with van der Waals surface area (Å²) in [6, 6.07) is 14.1. The molecule has 1 N–H and O–H groups in total. The molecule has 0 heterocycles. The fraction of sp³-hybridized carbons (Fsp3) is 0.481. The summed E-state index contributed by atoms with van der Waals surface area (Å²) in [5.41, 5.74) is 3.22. The quantitative estimate of drug-likeness (QED) is 0.441. The molecular weight excluding hydrogens is 462 g/mol. The highest BCUT2D eigenvalue weighted by molar-refractivity contribution is 7.92. The van der Waals surface area contributed by atoms with E-state index < -0.39 is 22.0 Å². The van der Waals surface area contributed by atoms with Gasteiger partial charge in [-0.3, -0.25) is 13.9 Å². The first-order chi connectivity index (χ1) is 16.5. The first-order valence-corrected chi connectivity index (χ1v) is 14.0. The zero-order chi connectivity index (χ0) is 26.2. The molecule has 2 rings (SSSR count). The van der Waals surface area contributed by atoms with Crippen molar-refractivity contribution in [3.8, 4) is 0 Å². The molecule has 1 unspecified atom stereocenters. The van der Waals surface area contributed by atoms with E-state index in [1.165, 1.54) is 4.90 Å². The molecule has 0 saturated carbocycles. The van der Waals surface area contributed by atoms with Crippen molar-refractivity contribution < 1.29 is 18.0 Å². The third-order valence-electron chi connectivity index (χ3n) is 6.11. The molecule has 8 heteroatoms. The summed E-state index contributed by atoms with van der Waals surface area (Å²) in [7, 11) is -3.76. The Kier molecular flexibility index (Phi) is 10.3. The van der Waals surface area contributed by atoms with Gasteiger partial charge in [-0.05, 0) is 48.9 Å². The van der Waals surface area contributed by atoms with Crippen LogP contribution in [0, 0.1) is 6.92 Å². The van der Waals surface area contributed by atoms with Crippen molar-refractivity contribution in [2.45, 2.75) is 66.0 Å². The summed E-state index contributed by atoms with van der Waals surface area (Å²) in [6.07, 6.45) is 2.89. The fourth-order valence-corrected chi connectivity index (χ4v) is 4.76. The number of carbonyl (C=O) groups excluding carboxylic acids is 2. The molecule has 0 bridgehead atoms. The van der Waals surface area contributed by atoms with Gasteiger partial charge in [0.05, 0.1) is 11.9 Å². The summed E-state index contributed by atoms with van der Waals surface area (Å²) >= 11 is 0. The lowest BCUT2D eigenvalue weighted by Crippen LogP contribution is -2.51. The number of benzene rings is 2. The van der Waals surface area contributed by atoms with Crippen LogP contribution in [-0.4, -0.2) is 50.5 Å². The lowest BCUT2D eigenvalue weighted by atomic mass is 10.0. The Hall–Kier alpha value is -2.87. The zero-order valence-corrected chi connectivity index (χ0v) is 22.6. The maximum atomic E-state index is 13.7. The number of hydrogen-bond acceptors (Lipinski definition) is 4. The van der Waals surface area contributed by atoms with E-state index in [4.69, 9.17) is 0 Å². The largest absolute Gasteiger partial charge is 0.354 e. The Bertz CT molecular complexity index is 1110. The van der Waals surface area contributed by atoms with Gasteiger partial charge >= 0.3 is 0 Å². The SMILES string of the molecule is CCCCNC(=O)C(C)N(Cc1ccccc1C)C(=O)CN(c1ccccc1C(C)C)S(C)(=O)=O. The van der Waals surface area contributed by atoms with Crippen LogP contribution in [0.2, 0.25) is 0 Å². The van der Waals surface area contributed by atoms with Crippen molar-refractivity contribution in [3.05, 3.63) is 65.2 Å². The number of sulfonamides is 1. The summed E-state index contributed by atoms with van der Waals surface area (Å²) in [5.74, 6) is -0.624. The highest BCUT2D eigenvalue weighted by Crippen LogP contribution is 2.29. The van der Waals surface area contributed by atoms with Crippen molar-refractivity contribution in [2.24, 2.45) is 0 Å².